The maximum Gasteiger partial charge on any atom is 0.293 e. The van der Waals surface area contributed by atoms with Crippen molar-refractivity contribution in [1.29, 1.82) is 0 Å². The summed E-state index contributed by atoms with van der Waals surface area (Å²) in [6.07, 6.45) is 2.64. The zero-order valence-corrected chi connectivity index (χ0v) is 25.7. The van der Waals surface area contributed by atoms with Crippen molar-refractivity contribution in [2.45, 2.75) is 39.5 Å². The van der Waals surface area contributed by atoms with Crippen molar-refractivity contribution in [2.24, 2.45) is 7.05 Å². The number of aromatic nitrogens is 2. The van der Waals surface area contributed by atoms with E-state index in [9.17, 15) is 9.59 Å². The molecule has 8 heteroatoms. The number of hydrogen-bond donors (Lipinski definition) is 2. The van der Waals surface area contributed by atoms with Crippen LogP contribution in [0.25, 0.3) is 11.3 Å². The number of rotatable bonds is 8. The lowest BCUT2D eigenvalue weighted by molar-refractivity contribution is 0.0384. The van der Waals surface area contributed by atoms with Crippen molar-refractivity contribution in [3.8, 4) is 11.3 Å². The van der Waals surface area contributed by atoms with Gasteiger partial charge in [0, 0.05) is 55.4 Å². The highest BCUT2D eigenvalue weighted by atomic mass is 16.5. The van der Waals surface area contributed by atoms with Gasteiger partial charge in [0.15, 0.2) is 5.82 Å². The van der Waals surface area contributed by atoms with E-state index in [1.165, 1.54) is 15.7 Å². The SMILES string of the molecule is Cc1c(NC(=O)c2ccc(C(C)(C)C)cc2)cccc1-c1cn(C)c(=O)c(Nc2cccc(CCN3CCOCC3)c2)n1. The Morgan fingerprint density at radius 3 is 2.44 bits per heavy atom. The Labute approximate surface area is 253 Å². The molecular formula is C35H41N5O3. The average Bonchev–Trinajstić information content (AvgIpc) is 3.00. The fourth-order valence-electron chi connectivity index (χ4n) is 5.24. The van der Waals surface area contributed by atoms with Crippen molar-refractivity contribution in [3.63, 3.8) is 0 Å². The zero-order valence-electron chi connectivity index (χ0n) is 25.7. The monoisotopic (exact) mass is 579 g/mol. The Hall–Kier alpha value is -4.27. The van der Waals surface area contributed by atoms with Crippen LogP contribution in [0.15, 0.2) is 77.7 Å². The predicted octanol–water partition coefficient (Wildman–Crippen LogP) is 5.92. The number of nitrogens with one attached hydrogen (secondary N) is 2. The van der Waals surface area contributed by atoms with E-state index in [2.05, 4.69) is 48.4 Å². The van der Waals surface area contributed by atoms with Crippen LogP contribution >= 0.6 is 0 Å². The number of hydrogen-bond acceptors (Lipinski definition) is 6. The molecule has 2 N–H and O–H groups in total. The van der Waals surface area contributed by atoms with Crippen LogP contribution in [-0.2, 0) is 23.6 Å². The van der Waals surface area contributed by atoms with Crippen LogP contribution in [0, 0.1) is 6.92 Å². The van der Waals surface area contributed by atoms with Gasteiger partial charge in [0.05, 0.1) is 18.9 Å². The minimum Gasteiger partial charge on any atom is -0.379 e. The quantitative estimate of drug-likeness (QED) is 0.269. The summed E-state index contributed by atoms with van der Waals surface area (Å²) in [5, 5.41) is 6.31. The van der Waals surface area contributed by atoms with Gasteiger partial charge in [-0.2, -0.15) is 0 Å². The largest absolute Gasteiger partial charge is 0.379 e. The van der Waals surface area contributed by atoms with Gasteiger partial charge in [-0.15, -0.1) is 0 Å². The van der Waals surface area contributed by atoms with E-state index in [1.807, 2.05) is 61.5 Å². The third-order valence-electron chi connectivity index (χ3n) is 7.95. The minimum absolute atomic E-state index is 0.0161. The molecule has 1 amide bonds. The molecule has 0 bridgehead atoms. The Kier molecular flexibility index (Phi) is 9.08. The third kappa shape index (κ3) is 7.39. The molecule has 2 heterocycles. The van der Waals surface area contributed by atoms with Crippen LogP contribution in [0.4, 0.5) is 17.2 Å². The van der Waals surface area contributed by atoms with Gasteiger partial charge < -0.3 is 19.9 Å². The minimum atomic E-state index is -0.219. The van der Waals surface area contributed by atoms with Crippen molar-refractivity contribution in [1.82, 2.24) is 14.5 Å². The summed E-state index contributed by atoms with van der Waals surface area (Å²) in [6, 6.07) is 21.6. The molecule has 1 aromatic heterocycles. The lowest BCUT2D eigenvalue weighted by Gasteiger charge is -2.26. The molecule has 3 aromatic carbocycles. The van der Waals surface area contributed by atoms with E-state index in [1.54, 1.807) is 13.2 Å². The maximum absolute atomic E-state index is 13.1. The zero-order chi connectivity index (χ0) is 30.6. The number of benzene rings is 3. The first kappa shape index (κ1) is 30.2. The van der Waals surface area contributed by atoms with Gasteiger partial charge in [0.2, 0.25) is 0 Å². The third-order valence-corrected chi connectivity index (χ3v) is 7.95. The fourth-order valence-corrected chi connectivity index (χ4v) is 5.24. The second-order valence-electron chi connectivity index (χ2n) is 12.2. The summed E-state index contributed by atoms with van der Waals surface area (Å²) in [4.78, 5) is 33.3. The van der Waals surface area contributed by atoms with Gasteiger partial charge in [0.1, 0.15) is 0 Å². The second-order valence-corrected chi connectivity index (χ2v) is 12.2. The van der Waals surface area contributed by atoms with Crippen molar-refractivity contribution in [2.75, 3.05) is 43.5 Å². The molecule has 0 aliphatic carbocycles. The van der Waals surface area contributed by atoms with Gasteiger partial charge in [-0.05, 0) is 65.8 Å². The van der Waals surface area contributed by atoms with E-state index in [-0.39, 0.29) is 22.7 Å². The molecule has 8 nitrogen and oxygen atoms in total. The summed E-state index contributed by atoms with van der Waals surface area (Å²) in [7, 11) is 1.72. The number of aryl methyl sites for hydroxylation is 1. The van der Waals surface area contributed by atoms with Crippen molar-refractivity contribution >= 4 is 23.1 Å². The molecule has 0 atom stereocenters. The highest BCUT2D eigenvalue weighted by Crippen LogP contribution is 2.29. The van der Waals surface area contributed by atoms with Crippen LogP contribution in [0.1, 0.15) is 47.8 Å². The maximum atomic E-state index is 13.1. The van der Waals surface area contributed by atoms with Crippen LogP contribution in [0.2, 0.25) is 0 Å². The van der Waals surface area contributed by atoms with Crippen LogP contribution in [0.5, 0.6) is 0 Å². The molecule has 1 saturated heterocycles. The number of amides is 1. The van der Waals surface area contributed by atoms with Crippen LogP contribution in [-0.4, -0.2) is 53.2 Å². The van der Waals surface area contributed by atoms with Gasteiger partial charge in [-0.25, -0.2) is 4.98 Å². The van der Waals surface area contributed by atoms with Gasteiger partial charge in [-0.3, -0.25) is 14.5 Å². The first-order valence-corrected chi connectivity index (χ1v) is 14.8. The Bertz CT molecular complexity index is 1650. The van der Waals surface area contributed by atoms with E-state index in [4.69, 9.17) is 9.72 Å². The van der Waals surface area contributed by atoms with E-state index in [0.717, 1.165) is 56.1 Å². The number of nitrogens with zero attached hydrogens (tertiary/aromatic N) is 3. The molecular weight excluding hydrogens is 538 g/mol. The normalized spacial score (nSPS) is 14.0. The van der Waals surface area contributed by atoms with Crippen molar-refractivity contribution < 1.29 is 9.53 Å². The second kappa shape index (κ2) is 12.9. The standard InChI is InChI=1S/C35H41N5O3/c1-24-29(10-7-11-30(24)38-33(41)26-12-14-27(15-13-26)35(2,3)4)31-23-39(5)34(42)32(37-31)36-28-9-6-8-25(22-28)16-17-40-18-20-43-21-19-40/h6-15,22-23H,16-21H2,1-5H3,(H,36,37)(H,38,41). The summed E-state index contributed by atoms with van der Waals surface area (Å²) >= 11 is 0. The summed E-state index contributed by atoms with van der Waals surface area (Å²) in [6.45, 7) is 12.9. The molecule has 0 unspecified atom stereocenters. The Balaban J connectivity index is 1.34. The van der Waals surface area contributed by atoms with E-state index < -0.39 is 0 Å². The molecule has 1 aliphatic rings. The fraction of sp³-hybridized carbons (Fsp3) is 0.343. The first-order chi connectivity index (χ1) is 20.6. The molecule has 4 aromatic rings. The Morgan fingerprint density at radius 1 is 1.00 bits per heavy atom. The highest BCUT2D eigenvalue weighted by molar-refractivity contribution is 6.05. The van der Waals surface area contributed by atoms with Gasteiger partial charge in [0.25, 0.3) is 11.5 Å². The lowest BCUT2D eigenvalue weighted by atomic mass is 9.86. The summed E-state index contributed by atoms with van der Waals surface area (Å²) < 4.78 is 6.99. The predicted molar refractivity (Wildman–Crippen MR) is 173 cm³/mol. The number of anilines is 3. The number of ether oxygens (including phenoxy) is 1. The van der Waals surface area contributed by atoms with Gasteiger partial charge in [-0.1, -0.05) is 57.2 Å². The molecule has 0 spiro atoms. The smallest absolute Gasteiger partial charge is 0.293 e. The molecule has 0 radical (unpaired) electrons. The summed E-state index contributed by atoms with van der Waals surface area (Å²) in [5.74, 6) is 0.0723. The number of morpholine rings is 1. The van der Waals surface area contributed by atoms with Crippen LogP contribution in [0.3, 0.4) is 0 Å². The average molecular weight is 580 g/mol. The van der Waals surface area contributed by atoms with Crippen molar-refractivity contribution in [3.05, 3.63) is 106 Å². The van der Waals surface area contributed by atoms with E-state index >= 15 is 0 Å². The first-order valence-electron chi connectivity index (χ1n) is 14.8. The summed E-state index contributed by atoms with van der Waals surface area (Å²) in [5.41, 5.74) is 6.60. The van der Waals surface area contributed by atoms with Crippen LogP contribution < -0.4 is 16.2 Å². The molecule has 0 saturated carbocycles. The molecule has 5 rings (SSSR count). The highest BCUT2D eigenvalue weighted by Gasteiger charge is 2.17. The molecule has 1 fully saturated rings. The molecule has 43 heavy (non-hydrogen) atoms. The molecule has 1 aliphatic heterocycles. The Morgan fingerprint density at radius 2 is 1.72 bits per heavy atom. The lowest BCUT2D eigenvalue weighted by Crippen LogP contribution is -2.37. The number of carbonyl (C=O) groups is 1. The number of carbonyl (C=O) groups excluding carboxylic acids is 1. The topological polar surface area (TPSA) is 88.5 Å². The van der Waals surface area contributed by atoms with Gasteiger partial charge >= 0.3 is 0 Å². The van der Waals surface area contributed by atoms with E-state index in [0.29, 0.717) is 16.9 Å². The molecule has 224 valence electrons.